The lowest BCUT2D eigenvalue weighted by Gasteiger charge is -2.35. The maximum atomic E-state index is 14.2. The number of hydrogen-bond donors (Lipinski definition) is 1. The highest BCUT2D eigenvalue weighted by molar-refractivity contribution is 6.30. The van der Waals surface area contributed by atoms with Gasteiger partial charge in [0.25, 0.3) is 0 Å². The first-order valence-electron chi connectivity index (χ1n) is 12.3. The van der Waals surface area contributed by atoms with Crippen LogP contribution in [0.5, 0.6) is 5.75 Å². The van der Waals surface area contributed by atoms with Crippen LogP contribution in [0.25, 0.3) is 0 Å². The van der Waals surface area contributed by atoms with Gasteiger partial charge in [0.2, 0.25) is 5.91 Å². The number of nitrogens with one attached hydrogen (secondary N) is 1. The molecule has 10 heteroatoms. The van der Waals surface area contributed by atoms with Gasteiger partial charge in [-0.3, -0.25) is 14.7 Å². The van der Waals surface area contributed by atoms with Gasteiger partial charge in [0.15, 0.2) is 0 Å². The molecule has 0 spiro atoms. The molecule has 3 heterocycles. The van der Waals surface area contributed by atoms with Gasteiger partial charge in [0.1, 0.15) is 29.9 Å². The van der Waals surface area contributed by atoms with Gasteiger partial charge in [0.05, 0.1) is 35.6 Å². The van der Waals surface area contributed by atoms with Gasteiger partial charge < -0.3 is 19.4 Å². The smallest absolute Gasteiger partial charge is 0.326 e. The van der Waals surface area contributed by atoms with E-state index in [-0.39, 0.29) is 24.6 Å². The molecule has 3 amide bonds. The molecule has 194 valence electrons. The average Bonchev–Trinajstić information content (AvgIpc) is 3.57. The van der Waals surface area contributed by atoms with Crippen LogP contribution in [0, 0.1) is 11.3 Å². The fraction of sp³-hybridized carbons (Fsp3) is 0.286. The van der Waals surface area contributed by atoms with Crippen LogP contribution in [0.1, 0.15) is 48.4 Å². The first-order chi connectivity index (χ1) is 18.4. The second-order valence-corrected chi connectivity index (χ2v) is 9.76. The summed E-state index contributed by atoms with van der Waals surface area (Å²) in [5.41, 5.74) is 1.77. The quantitative estimate of drug-likeness (QED) is 0.513. The van der Waals surface area contributed by atoms with Crippen molar-refractivity contribution in [1.29, 1.82) is 5.26 Å². The summed E-state index contributed by atoms with van der Waals surface area (Å²) in [6.45, 7) is 4.42. The largest absolute Gasteiger partial charge is 0.490 e. The van der Waals surface area contributed by atoms with E-state index in [4.69, 9.17) is 25.7 Å². The van der Waals surface area contributed by atoms with E-state index in [1.165, 1.54) is 4.90 Å². The number of nitrogens with zero attached hydrogens (tertiary/aromatic N) is 4. The molecule has 2 aliphatic heterocycles. The minimum absolute atomic E-state index is 0.0654. The highest BCUT2D eigenvalue weighted by Crippen LogP contribution is 2.45. The number of carbonyl (C=O) groups excluding carboxylic acids is 2. The molecule has 1 N–H and O–H groups in total. The molecule has 3 aromatic rings. The van der Waals surface area contributed by atoms with E-state index in [1.807, 2.05) is 32.0 Å². The number of amides is 3. The first kappa shape index (κ1) is 25.4. The third-order valence-electron chi connectivity index (χ3n) is 6.34. The zero-order valence-corrected chi connectivity index (χ0v) is 21.7. The van der Waals surface area contributed by atoms with E-state index in [1.54, 1.807) is 47.6 Å². The van der Waals surface area contributed by atoms with Gasteiger partial charge in [-0.1, -0.05) is 23.7 Å². The van der Waals surface area contributed by atoms with E-state index in [0.29, 0.717) is 46.6 Å². The summed E-state index contributed by atoms with van der Waals surface area (Å²) < 4.78 is 11.9. The molecule has 0 saturated carbocycles. The molecule has 0 unspecified atom stereocenters. The van der Waals surface area contributed by atoms with Crippen molar-refractivity contribution < 1.29 is 18.7 Å². The molecule has 5 rings (SSSR count). The molecule has 1 aromatic heterocycles. The number of hydrogen-bond acceptors (Lipinski definition) is 6. The highest BCUT2D eigenvalue weighted by Gasteiger charge is 2.46. The van der Waals surface area contributed by atoms with Crippen LogP contribution in [0.15, 0.2) is 70.3 Å². The van der Waals surface area contributed by atoms with Gasteiger partial charge in [-0.05, 0) is 61.9 Å². The van der Waals surface area contributed by atoms with Gasteiger partial charge in [0, 0.05) is 18.1 Å². The topological polar surface area (TPSA) is 111 Å². The van der Waals surface area contributed by atoms with Crippen LogP contribution in [-0.2, 0) is 4.79 Å². The standard InChI is InChI=1S/C28H26ClN5O4/c1-17(2)38-23-14-18(15-30)5-10-21(23)27-32-25(22-4-3-13-37-22)26(19-6-8-20(29)9-7-19)34(27)28(36)33-12-11-31-24(35)16-33/h3-10,13-14,17,25-26H,11-12,16H2,1-2H3,(H,31,35)/t25-,26+/m0/s1. The number of piperazine rings is 1. The van der Waals surface area contributed by atoms with Crippen LogP contribution in [-0.4, -0.2) is 53.3 Å². The third-order valence-corrected chi connectivity index (χ3v) is 6.59. The Bertz CT molecular complexity index is 1410. The second-order valence-electron chi connectivity index (χ2n) is 9.32. The van der Waals surface area contributed by atoms with Gasteiger partial charge in [-0.25, -0.2) is 4.79 Å². The lowest BCUT2D eigenvalue weighted by atomic mass is 9.97. The molecule has 1 saturated heterocycles. The minimum Gasteiger partial charge on any atom is -0.490 e. The Labute approximate surface area is 225 Å². The maximum Gasteiger partial charge on any atom is 0.326 e. The van der Waals surface area contributed by atoms with Crippen molar-refractivity contribution in [2.75, 3.05) is 19.6 Å². The fourth-order valence-electron chi connectivity index (χ4n) is 4.70. The lowest BCUT2D eigenvalue weighted by Crippen LogP contribution is -2.55. The van der Waals surface area contributed by atoms with Crippen molar-refractivity contribution in [3.63, 3.8) is 0 Å². The second kappa shape index (κ2) is 10.6. The van der Waals surface area contributed by atoms with Gasteiger partial charge in [-0.2, -0.15) is 5.26 Å². The Morgan fingerprint density at radius 2 is 2.03 bits per heavy atom. The van der Waals surface area contributed by atoms with Crippen LogP contribution in [0.3, 0.4) is 0 Å². The van der Waals surface area contributed by atoms with E-state index in [9.17, 15) is 14.9 Å². The maximum absolute atomic E-state index is 14.2. The molecule has 38 heavy (non-hydrogen) atoms. The van der Waals surface area contributed by atoms with Crippen molar-refractivity contribution in [2.45, 2.75) is 32.0 Å². The van der Waals surface area contributed by atoms with Crippen molar-refractivity contribution >= 4 is 29.4 Å². The molecule has 0 radical (unpaired) electrons. The van der Waals surface area contributed by atoms with Crippen LogP contribution >= 0.6 is 11.6 Å². The van der Waals surface area contributed by atoms with Crippen LogP contribution in [0.4, 0.5) is 4.79 Å². The van der Waals surface area contributed by atoms with Crippen molar-refractivity contribution in [3.8, 4) is 11.8 Å². The van der Waals surface area contributed by atoms with Crippen molar-refractivity contribution in [2.24, 2.45) is 4.99 Å². The Hall–Kier alpha value is -4.29. The highest BCUT2D eigenvalue weighted by atomic mass is 35.5. The summed E-state index contributed by atoms with van der Waals surface area (Å²) in [7, 11) is 0. The van der Waals surface area contributed by atoms with E-state index >= 15 is 0 Å². The number of aliphatic imine (C=N–C) groups is 1. The monoisotopic (exact) mass is 531 g/mol. The molecule has 2 atom stereocenters. The first-order valence-corrected chi connectivity index (χ1v) is 12.7. The predicted octanol–water partition coefficient (Wildman–Crippen LogP) is 4.69. The summed E-state index contributed by atoms with van der Waals surface area (Å²) in [5, 5.41) is 12.8. The number of rotatable bonds is 5. The van der Waals surface area contributed by atoms with Crippen LogP contribution < -0.4 is 10.1 Å². The molecule has 0 aliphatic carbocycles. The molecule has 0 bridgehead atoms. The number of urea groups is 1. The minimum atomic E-state index is -0.589. The van der Waals surface area contributed by atoms with E-state index in [2.05, 4.69) is 11.4 Å². The number of furan rings is 1. The number of carbonyl (C=O) groups is 2. The summed E-state index contributed by atoms with van der Waals surface area (Å²) >= 11 is 6.19. The van der Waals surface area contributed by atoms with E-state index in [0.717, 1.165) is 5.56 Å². The molecule has 1 fully saturated rings. The summed E-state index contributed by atoms with van der Waals surface area (Å²) in [6.07, 6.45) is 1.38. The van der Waals surface area contributed by atoms with Crippen molar-refractivity contribution in [3.05, 3.63) is 88.3 Å². The number of halogens is 1. The Balaban J connectivity index is 1.69. The fourth-order valence-corrected chi connectivity index (χ4v) is 4.82. The summed E-state index contributed by atoms with van der Waals surface area (Å²) in [5.74, 6) is 1.15. The zero-order valence-electron chi connectivity index (χ0n) is 20.9. The summed E-state index contributed by atoms with van der Waals surface area (Å²) in [4.78, 5) is 34.5. The Morgan fingerprint density at radius 1 is 1.24 bits per heavy atom. The molecular weight excluding hydrogens is 506 g/mol. The van der Waals surface area contributed by atoms with Crippen molar-refractivity contribution in [1.82, 2.24) is 15.1 Å². The Morgan fingerprint density at radius 3 is 2.68 bits per heavy atom. The zero-order chi connectivity index (χ0) is 26.8. The lowest BCUT2D eigenvalue weighted by molar-refractivity contribution is -0.123. The SMILES string of the molecule is CC(C)Oc1cc(C#N)ccc1C1=N[C@@H](c2ccco2)[C@@H](c2ccc(Cl)cc2)N1C(=O)N1CCNC(=O)C1. The van der Waals surface area contributed by atoms with E-state index < -0.39 is 12.1 Å². The average molecular weight is 532 g/mol. The number of nitriles is 1. The number of ether oxygens (including phenoxy) is 1. The number of amidine groups is 1. The Kier molecular flexibility index (Phi) is 7.07. The molecule has 2 aliphatic rings. The molecule has 9 nitrogen and oxygen atoms in total. The molecule has 2 aromatic carbocycles. The van der Waals surface area contributed by atoms with Gasteiger partial charge >= 0.3 is 6.03 Å². The predicted molar refractivity (Wildman–Crippen MR) is 141 cm³/mol. The third kappa shape index (κ3) is 4.95. The van der Waals surface area contributed by atoms with Crippen LogP contribution in [0.2, 0.25) is 5.02 Å². The number of benzene rings is 2. The van der Waals surface area contributed by atoms with Gasteiger partial charge in [-0.15, -0.1) is 0 Å². The molecular formula is C28H26ClN5O4. The summed E-state index contributed by atoms with van der Waals surface area (Å²) in [6, 6.07) is 16.5. The normalized spacial score (nSPS) is 19.2.